The second-order valence-electron chi connectivity index (χ2n) is 5.46. The van der Waals surface area contributed by atoms with Crippen molar-refractivity contribution in [1.29, 1.82) is 0 Å². The third kappa shape index (κ3) is 5.26. The molecule has 0 radical (unpaired) electrons. The van der Waals surface area contributed by atoms with E-state index < -0.39 is 0 Å². The van der Waals surface area contributed by atoms with Gasteiger partial charge in [-0.1, -0.05) is 0 Å². The summed E-state index contributed by atoms with van der Waals surface area (Å²) in [6.45, 7) is 6.03. The number of nitrogens with zero attached hydrogens (tertiary/aromatic N) is 5. The summed E-state index contributed by atoms with van der Waals surface area (Å²) in [5.74, 6) is 1.14. The van der Waals surface area contributed by atoms with E-state index in [1.54, 1.807) is 0 Å². The van der Waals surface area contributed by atoms with E-state index in [9.17, 15) is 0 Å². The molecule has 1 fully saturated rings. The van der Waals surface area contributed by atoms with Crippen LogP contribution in [0.3, 0.4) is 0 Å². The van der Waals surface area contributed by atoms with Gasteiger partial charge in [-0.3, -0.25) is 0 Å². The number of halogens is 1. The van der Waals surface area contributed by atoms with E-state index in [0.717, 1.165) is 26.1 Å². The normalized spacial score (nSPS) is 17.1. The highest BCUT2D eigenvalue weighted by Crippen LogP contribution is 2.16. The molecule has 1 aromatic heterocycles. The van der Waals surface area contributed by atoms with E-state index in [0.29, 0.717) is 25.1 Å². The second-order valence-corrected chi connectivity index (χ2v) is 5.80. The van der Waals surface area contributed by atoms with Crippen LogP contribution in [0.25, 0.3) is 0 Å². The van der Waals surface area contributed by atoms with Crippen molar-refractivity contribution in [2.45, 2.75) is 19.4 Å². The van der Waals surface area contributed by atoms with Crippen LogP contribution in [0.1, 0.15) is 13.3 Å². The molecule has 0 aliphatic carbocycles. The van der Waals surface area contributed by atoms with Gasteiger partial charge in [-0.2, -0.15) is 15.0 Å². The van der Waals surface area contributed by atoms with E-state index >= 15 is 0 Å². The Balaban J connectivity index is 2.00. The molecular formula is C13H23ClN6O. The number of hydrogen-bond donors (Lipinski definition) is 1. The van der Waals surface area contributed by atoms with Crippen LogP contribution in [0.4, 0.5) is 11.9 Å². The number of nitrogens with one attached hydrogen (secondary N) is 1. The molecule has 21 heavy (non-hydrogen) atoms. The van der Waals surface area contributed by atoms with Gasteiger partial charge in [-0.05, 0) is 45.6 Å². The first-order valence-corrected chi connectivity index (χ1v) is 7.58. The minimum Gasteiger partial charge on any atom is -0.378 e. The minimum absolute atomic E-state index is 0.216. The Morgan fingerprint density at radius 2 is 2.00 bits per heavy atom. The SMILES string of the molecule is CC(CCN(C)C)Nc1nc(Cl)nc(N2CCOCC2)n1. The van der Waals surface area contributed by atoms with Crippen molar-refractivity contribution in [3.8, 4) is 0 Å². The molecule has 2 heterocycles. The van der Waals surface area contributed by atoms with Crippen LogP contribution < -0.4 is 10.2 Å². The molecule has 7 nitrogen and oxygen atoms in total. The molecule has 1 unspecified atom stereocenters. The zero-order valence-corrected chi connectivity index (χ0v) is 13.6. The Morgan fingerprint density at radius 1 is 1.29 bits per heavy atom. The fourth-order valence-corrected chi connectivity index (χ4v) is 2.21. The first-order valence-electron chi connectivity index (χ1n) is 7.20. The summed E-state index contributed by atoms with van der Waals surface area (Å²) >= 11 is 6.01. The lowest BCUT2D eigenvalue weighted by atomic mass is 10.2. The van der Waals surface area contributed by atoms with E-state index in [1.807, 2.05) is 0 Å². The van der Waals surface area contributed by atoms with Gasteiger partial charge in [-0.15, -0.1) is 0 Å². The van der Waals surface area contributed by atoms with E-state index in [-0.39, 0.29) is 11.3 Å². The third-order valence-corrected chi connectivity index (χ3v) is 3.44. The van der Waals surface area contributed by atoms with Crippen molar-refractivity contribution in [3.63, 3.8) is 0 Å². The number of aromatic nitrogens is 3. The molecule has 1 atom stereocenters. The zero-order chi connectivity index (χ0) is 15.2. The summed E-state index contributed by atoms with van der Waals surface area (Å²) in [7, 11) is 4.12. The topological polar surface area (TPSA) is 66.4 Å². The summed E-state index contributed by atoms with van der Waals surface area (Å²) < 4.78 is 5.33. The Morgan fingerprint density at radius 3 is 2.67 bits per heavy atom. The van der Waals surface area contributed by atoms with Crippen LogP contribution in [0.5, 0.6) is 0 Å². The van der Waals surface area contributed by atoms with E-state index in [4.69, 9.17) is 16.3 Å². The lowest BCUT2D eigenvalue weighted by Crippen LogP contribution is -2.37. The molecule has 1 aromatic rings. The quantitative estimate of drug-likeness (QED) is 0.843. The summed E-state index contributed by atoms with van der Waals surface area (Å²) in [6.07, 6.45) is 1.00. The molecule has 1 N–H and O–H groups in total. The molecule has 0 amide bonds. The van der Waals surface area contributed by atoms with E-state index in [1.165, 1.54) is 0 Å². The Labute approximate surface area is 130 Å². The van der Waals surface area contributed by atoms with Crippen molar-refractivity contribution in [2.24, 2.45) is 0 Å². The molecular weight excluding hydrogens is 292 g/mol. The fourth-order valence-electron chi connectivity index (χ4n) is 2.05. The first-order chi connectivity index (χ1) is 10.0. The number of rotatable bonds is 6. The number of anilines is 2. The Kier molecular flexibility index (Phi) is 5.96. The summed E-state index contributed by atoms with van der Waals surface area (Å²) in [4.78, 5) is 17.0. The van der Waals surface area contributed by atoms with Gasteiger partial charge in [-0.25, -0.2) is 0 Å². The molecule has 8 heteroatoms. The monoisotopic (exact) mass is 314 g/mol. The van der Waals surface area contributed by atoms with Crippen LogP contribution in [0.15, 0.2) is 0 Å². The fraction of sp³-hybridized carbons (Fsp3) is 0.769. The maximum atomic E-state index is 6.01. The van der Waals surface area contributed by atoms with Crippen LogP contribution in [-0.4, -0.2) is 72.8 Å². The van der Waals surface area contributed by atoms with Gasteiger partial charge in [0.25, 0.3) is 0 Å². The molecule has 0 spiro atoms. The molecule has 0 saturated carbocycles. The minimum atomic E-state index is 0.216. The molecule has 1 aliphatic rings. The molecule has 2 rings (SSSR count). The number of ether oxygens (including phenoxy) is 1. The highest BCUT2D eigenvalue weighted by Gasteiger charge is 2.16. The van der Waals surface area contributed by atoms with Crippen LogP contribution in [0.2, 0.25) is 5.28 Å². The lowest BCUT2D eigenvalue weighted by Gasteiger charge is -2.27. The van der Waals surface area contributed by atoms with Gasteiger partial charge < -0.3 is 19.9 Å². The van der Waals surface area contributed by atoms with Crippen molar-refractivity contribution >= 4 is 23.5 Å². The predicted octanol–water partition coefficient (Wildman–Crippen LogP) is 1.11. The number of morpholine rings is 1. The average molecular weight is 315 g/mol. The Hall–Kier alpha value is -1.18. The van der Waals surface area contributed by atoms with Crippen molar-refractivity contribution in [3.05, 3.63) is 5.28 Å². The van der Waals surface area contributed by atoms with Gasteiger partial charge in [0.1, 0.15) is 0 Å². The second kappa shape index (κ2) is 7.72. The number of hydrogen-bond acceptors (Lipinski definition) is 7. The molecule has 1 aliphatic heterocycles. The first kappa shape index (κ1) is 16.2. The Bertz CT molecular complexity index is 452. The average Bonchev–Trinajstić information content (AvgIpc) is 2.45. The summed E-state index contributed by atoms with van der Waals surface area (Å²) in [5.41, 5.74) is 0. The van der Waals surface area contributed by atoms with Gasteiger partial charge in [0.2, 0.25) is 17.2 Å². The van der Waals surface area contributed by atoms with Crippen molar-refractivity contribution in [1.82, 2.24) is 19.9 Å². The van der Waals surface area contributed by atoms with Crippen LogP contribution in [0, 0.1) is 0 Å². The van der Waals surface area contributed by atoms with Gasteiger partial charge in [0.15, 0.2) is 0 Å². The maximum absolute atomic E-state index is 6.01. The highest BCUT2D eigenvalue weighted by atomic mass is 35.5. The highest BCUT2D eigenvalue weighted by molar-refractivity contribution is 6.28. The largest absolute Gasteiger partial charge is 0.378 e. The maximum Gasteiger partial charge on any atom is 0.231 e. The molecule has 118 valence electrons. The zero-order valence-electron chi connectivity index (χ0n) is 12.8. The van der Waals surface area contributed by atoms with Gasteiger partial charge in [0.05, 0.1) is 13.2 Å². The van der Waals surface area contributed by atoms with Crippen molar-refractivity contribution < 1.29 is 4.74 Å². The van der Waals surface area contributed by atoms with E-state index in [2.05, 4.69) is 51.1 Å². The standard InChI is InChI=1S/C13H23ClN6O/c1-10(4-5-19(2)3)15-12-16-11(14)17-13(18-12)20-6-8-21-9-7-20/h10H,4-9H2,1-3H3,(H,15,16,17,18). The van der Waals surface area contributed by atoms with Crippen LogP contribution >= 0.6 is 11.6 Å². The summed E-state index contributed by atoms with van der Waals surface area (Å²) in [5, 5.41) is 3.50. The van der Waals surface area contributed by atoms with Gasteiger partial charge in [0, 0.05) is 19.1 Å². The predicted molar refractivity (Wildman–Crippen MR) is 84.1 cm³/mol. The lowest BCUT2D eigenvalue weighted by molar-refractivity contribution is 0.122. The van der Waals surface area contributed by atoms with Crippen LogP contribution in [-0.2, 0) is 4.74 Å². The smallest absolute Gasteiger partial charge is 0.231 e. The molecule has 1 saturated heterocycles. The van der Waals surface area contributed by atoms with Gasteiger partial charge >= 0.3 is 0 Å². The molecule has 0 bridgehead atoms. The van der Waals surface area contributed by atoms with Crippen molar-refractivity contribution in [2.75, 3.05) is 57.2 Å². The third-order valence-electron chi connectivity index (χ3n) is 3.28. The molecule has 0 aromatic carbocycles. The summed E-state index contributed by atoms with van der Waals surface area (Å²) in [6, 6.07) is 0.267.